The second kappa shape index (κ2) is 6.79. The number of hydrogen-bond acceptors (Lipinski definition) is 4. The van der Waals surface area contributed by atoms with Crippen molar-refractivity contribution in [3.8, 4) is 0 Å². The van der Waals surface area contributed by atoms with Crippen LogP contribution < -0.4 is 10.3 Å². The first-order valence-electron chi connectivity index (χ1n) is 6.57. The quantitative estimate of drug-likeness (QED) is 0.721. The Morgan fingerprint density at radius 1 is 1.37 bits per heavy atom. The molecule has 6 heteroatoms. The number of quaternary nitrogens is 1. The van der Waals surface area contributed by atoms with Gasteiger partial charge in [-0.2, -0.15) is 0 Å². The lowest BCUT2D eigenvalue weighted by atomic mass is 10.2. The zero-order chi connectivity index (χ0) is 13.7. The average molecular weight is 282 g/mol. The predicted molar refractivity (Wildman–Crippen MR) is 74.2 cm³/mol. The van der Waals surface area contributed by atoms with Crippen molar-refractivity contribution < 1.29 is 14.5 Å². The molecule has 1 aliphatic heterocycles. The standard InChI is InChI=1S/C13H19N3O2S/c1-15-6-8-16(9-7-15)14-13(18)5-4-11(17)12-3-2-10-19-12/h2-3,10H,4-9H2,1H3,(H,14,18)/p+1. The van der Waals surface area contributed by atoms with Gasteiger partial charge in [-0.3, -0.25) is 15.0 Å². The number of hydrazine groups is 1. The van der Waals surface area contributed by atoms with Crippen LogP contribution in [0.5, 0.6) is 0 Å². The van der Waals surface area contributed by atoms with E-state index >= 15 is 0 Å². The first-order chi connectivity index (χ1) is 9.15. The number of carbonyl (C=O) groups is 2. The molecule has 0 aromatic carbocycles. The van der Waals surface area contributed by atoms with Gasteiger partial charge in [-0.25, -0.2) is 5.01 Å². The van der Waals surface area contributed by atoms with Crippen molar-refractivity contribution in [2.24, 2.45) is 0 Å². The van der Waals surface area contributed by atoms with Gasteiger partial charge >= 0.3 is 0 Å². The number of likely N-dealkylation sites (N-methyl/N-ethyl adjacent to an activating group) is 1. The van der Waals surface area contributed by atoms with E-state index in [0.29, 0.717) is 0 Å². The molecule has 0 radical (unpaired) electrons. The third-order valence-electron chi connectivity index (χ3n) is 3.27. The number of rotatable bonds is 5. The maximum Gasteiger partial charge on any atom is 0.234 e. The number of piperazine rings is 1. The molecule has 1 aromatic heterocycles. The van der Waals surface area contributed by atoms with E-state index in [1.165, 1.54) is 16.2 Å². The highest BCUT2D eigenvalue weighted by Gasteiger charge is 2.18. The Morgan fingerprint density at radius 2 is 2.11 bits per heavy atom. The molecule has 0 spiro atoms. The van der Waals surface area contributed by atoms with Gasteiger partial charge in [-0.1, -0.05) is 6.07 Å². The van der Waals surface area contributed by atoms with Crippen LogP contribution in [0.2, 0.25) is 0 Å². The third-order valence-corrected chi connectivity index (χ3v) is 4.19. The zero-order valence-corrected chi connectivity index (χ0v) is 12.0. The summed E-state index contributed by atoms with van der Waals surface area (Å²) in [6, 6.07) is 3.65. The highest BCUT2D eigenvalue weighted by Crippen LogP contribution is 2.12. The monoisotopic (exact) mass is 282 g/mol. The van der Waals surface area contributed by atoms with Gasteiger partial charge in [0.2, 0.25) is 5.91 Å². The maximum absolute atomic E-state index is 11.8. The van der Waals surface area contributed by atoms with Crippen LogP contribution in [0.15, 0.2) is 17.5 Å². The lowest BCUT2D eigenvalue weighted by Gasteiger charge is -2.30. The largest absolute Gasteiger partial charge is 0.335 e. The molecule has 1 aromatic rings. The van der Waals surface area contributed by atoms with Gasteiger partial charge in [0.15, 0.2) is 5.78 Å². The summed E-state index contributed by atoms with van der Waals surface area (Å²) in [4.78, 5) is 25.7. The molecule has 1 aliphatic rings. The number of thiophene rings is 1. The molecule has 2 rings (SSSR count). The molecular formula is C13H20N3O2S+. The van der Waals surface area contributed by atoms with E-state index in [2.05, 4.69) is 12.5 Å². The summed E-state index contributed by atoms with van der Waals surface area (Å²) in [7, 11) is 2.15. The maximum atomic E-state index is 11.8. The Kier molecular flexibility index (Phi) is 5.07. The summed E-state index contributed by atoms with van der Waals surface area (Å²) in [5, 5.41) is 3.82. The molecule has 1 amide bonds. The fourth-order valence-corrected chi connectivity index (χ4v) is 2.71. The Bertz CT molecular complexity index is 425. The fraction of sp³-hybridized carbons (Fsp3) is 0.538. The molecule has 2 heterocycles. The van der Waals surface area contributed by atoms with Gasteiger partial charge in [-0.05, 0) is 11.4 Å². The summed E-state index contributed by atoms with van der Waals surface area (Å²) < 4.78 is 0. The fourth-order valence-electron chi connectivity index (χ4n) is 2.02. The van der Waals surface area contributed by atoms with Gasteiger partial charge in [0, 0.05) is 12.8 Å². The highest BCUT2D eigenvalue weighted by molar-refractivity contribution is 7.12. The van der Waals surface area contributed by atoms with Crippen molar-refractivity contribution in [1.29, 1.82) is 0 Å². The van der Waals surface area contributed by atoms with Crippen molar-refractivity contribution in [1.82, 2.24) is 10.4 Å². The molecule has 5 nitrogen and oxygen atoms in total. The first-order valence-corrected chi connectivity index (χ1v) is 7.45. The van der Waals surface area contributed by atoms with Crippen LogP contribution in [-0.4, -0.2) is 49.9 Å². The normalized spacial score (nSPS) is 17.3. The van der Waals surface area contributed by atoms with Crippen molar-refractivity contribution in [2.45, 2.75) is 12.8 Å². The third kappa shape index (κ3) is 4.41. The minimum absolute atomic E-state index is 0.0490. The van der Waals surface area contributed by atoms with Crippen LogP contribution in [0, 0.1) is 0 Å². The van der Waals surface area contributed by atoms with Crippen molar-refractivity contribution >= 4 is 23.0 Å². The van der Waals surface area contributed by atoms with Gasteiger partial charge < -0.3 is 4.90 Å². The van der Waals surface area contributed by atoms with Crippen LogP contribution in [0.25, 0.3) is 0 Å². The number of nitrogens with one attached hydrogen (secondary N) is 2. The summed E-state index contributed by atoms with van der Waals surface area (Å²) in [5.41, 5.74) is 2.87. The van der Waals surface area contributed by atoms with E-state index in [1.54, 1.807) is 6.07 Å². The molecular weight excluding hydrogens is 262 g/mol. The number of Topliss-reactive ketones (excluding diaryl/α,β-unsaturated/α-hetero) is 1. The van der Waals surface area contributed by atoms with Gasteiger partial charge in [0.25, 0.3) is 0 Å². The van der Waals surface area contributed by atoms with Crippen LogP contribution in [0.1, 0.15) is 22.5 Å². The summed E-state index contributed by atoms with van der Waals surface area (Å²) >= 11 is 1.42. The number of hydrogen-bond donors (Lipinski definition) is 2. The first kappa shape index (κ1) is 14.2. The molecule has 1 saturated heterocycles. The molecule has 0 aliphatic carbocycles. The SMILES string of the molecule is C[NH+]1CCN(NC(=O)CCC(=O)c2cccs2)CC1. The van der Waals surface area contributed by atoms with E-state index in [-0.39, 0.29) is 24.5 Å². The number of ketones is 1. The molecule has 0 atom stereocenters. The summed E-state index contributed by atoms with van der Waals surface area (Å²) in [5.74, 6) is -0.0163. The predicted octanol–water partition coefficient (Wildman–Crippen LogP) is -0.427. The molecule has 1 fully saturated rings. The Labute approximate surface area is 117 Å². The Balaban J connectivity index is 1.69. The number of carbonyl (C=O) groups excluding carboxylic acids is 2. The molecule has 2 N–H and O–H groups in total. The van der Waals surface area contributed by atoms with E-state index < -0.39 is 0 Å². The van der Waals surface area contributed by atoms with E-state index in [1.807, 2.05) is 16.5 Å². The molecule has 104 valence electrons. The summed E-state index contributed by atoms with van der Waals surface area (Å²) in [6.07, 6.45) is 0.543. The summed E-state index contributed by atoms with van der Waals surface area (Å²) in [6.45, 7) is 3.82. The van der Waals surface area contributed by atoms with E-state index in [4.69, 9.17) is 0 Å². The average Bonchev–Trinajstić information content (AvgIpc) is 2.93. The lowest BCUT2D eigenvalue weighted by molar-refractivity contribution is -0.884. The lowest BCUT2D eigenvalue weighted by Crippen LogP contribution is -3.12. The van der Waals surface area contributed by atoms with Gasteiger partial charge in [-0.15, -0.1) is 11.3 Å². The van der Waals surface area contributed by atoms with E-state index in [9.17, 15) is 9.59 Å². The molecule has 0 saturated carbocycles. The molecule has 0 bridgehead atoms. The second-order valence-electron chi connectivity index (χ2n) is 4.88. The smallest absolute Gasteiger partial charge is 0.234 e. The van der Waals surface area contributed by atoms with Gasteiger partial charge in [0.05, 0.1) is 38.1 Å². The van der Waals surface area contributed by atoms with Crippen LogP contribution in [0.3, 0.4) is 0 Å². The second-order valence-corrected chi connectivity index (χ2v) is 5.83. The highest BCUT2D eigenvalue weighted by atomic mass is 32.1. The van der Waals surface area contributed by atoms with Crippen molar-refractivity contribution in [2.75, 3.05) is 33.2 Å². The van der Waals surface area contributed by atoms with Crippen LogP contribution in [0.4, 0.5) is 0 Å². The minimum Gasteiger partial charge on any atom is -0.335 e. The Morgan fingerprint density at radius 3 is 2.74 bits per heavy atom. The van der Waals surface area contributed by atoms with Gasteiger partial charge in [0.1, 0.15) is 0 Å². The zero-order valence-electron chi connectivity index (χ0n) is 11.1. The molecule has 19 heavy (non-hydrogen) atoms. The Hall–Kier alpha value is -1.24. The number of amides is 1. The van der Waals surface area contributed by atoms with Crippen LogP contribution >= 0.6 is 11.3 Å². The minimum atomic E-state index is -0.0653. The molecule has 0 unspecified atom stereocenters. The van der Waals surface area contributed by atoms with Crippen LogP contribution in [-0.2, 0) is 4.79 Å². The van der Waals surface area contributed by atoms with E-state index in [0.717, 1.165) is 31.1 Å². The topological polar surface area (TPSA) is 53.9 Å². The van der Waals surface area contributed by atoms with Crippen molar-refractivity contribution in [3.63, 3.8) is 0 Å². The van der Waals surface area contributed by atoms with Crippen molar-refractivity contribution in [3.05, 3.63) is 22.4 Å². The number of nitrogens with zero attached hydrogens (tertiary/aromatic N) is 1.